The number of hydrogen-bond donors (Lipinski definition) is 0. The van der Waals surface area contributed by atoms with Crippen LogP contribution in [-0.4, -0.2) is 0 Å². The topological polar surface area (TPSA) is 0 Å². The lowest BCUT2D eigenvalue weighted by molar-refractivity contribution is 0.913. The van der Waals surface area contributed by atoms with Crippen molar-refractivity contribution < 1.29 is 0 Å². The molecule has 0 aliphatic carbocycles. The van der Waals surface area contributed by atoms with Crippen LogP contribution in [0.4, 0.5) is 0 Å². The third-order valence-electron chi connectivity index (χ3n) is 3.85. The Labute approximate surface area is 138 Å². The van der Waals surface area contributed by atoms with Crippen LogP contribution in [0.3, 0.4) is 0 Å². The second-order valence-corrected chi connectivity index (χ2v) is 6.79. The molecule has 0 aliphatic rings. The van der Waals surface area contributed by atoms with E-state index >= 15 is 0 Å². The van der Waals surface area contributed by atoms with E-state index in [0.29, 0.717) is 0 Å². The molecule has 3 rings (SSSR count). The summed E-state index contributed by atoms with van der Waals surface area (Å²) in [4.78, 5) is 0. The van der Waals surface area contributed by atoms with Gasteiger partial charge in [-0.25, -0.2) is 0 Å². The molecule has 0 radical (unpaired) electrons. The minimum absolute atomic E-state index is 0.000790. The number of rotatable bonds is 3. The van der Waals surface area contributed by atoms with Gasteiger partial charge < -0.3 is 0 Å². The predicted molar refractivity (Wildman–Crippen MR) is 95.1 cm³/mol. The van der Waals surface area contributed by atoms with Crippen molar-refractivity contribution in [2.24, 2.45) is 0 Å². The number of alkyl halides is 1. The molecule has 106 valence electrons. The molecular formula is C19H16BrCl. The summed E-state index contributed by atoms with van der Waals surface area (Å²) >= 11 is 10.1. The molecule has 0 spiro atoms. The molecule has 2 heteroatoms. The van der Waals surface area contributed by atoms with Crippen molar-refractivity contribution in [3.8, 4) is 0 Å². The summed E-state index contributed by atoms with van der Waals surface area (Å²) in [6, 6.07) is 21.2. The zero-order valence-corrected chi connectivity index (χ0v) is 14.2. The zero-order chi connectivity index (χ0) is 14.8. The number of hydrogen-bond acceptors (Lipinski definition) is 0. The third-order valence-corrected chi connectivity index (χ3v) is 4.75. The van der Waals surface area contributed by atoms with Gasteiger partial charge in [0.05, 0.1) is 5.38 Å². The molecule has 0 aliphatic heterocycles. The highest BCUT2D eigenvalue weighted by molar-refractivity contribution is 9.10. The maximum absolute atomic E-state index is 6.64. The zero-order valence-electron chi connectivity index (χ0n) is 11.8. The SMILES string of the molecule is Cc1ccccc1CC(Cl)c1ccc2cc(Br)ccc2c1. The first-order valence-electron chi connectivity index (χ1n) is 7.01. The molecule has 0 amide bonds. The van der Waals surface area contributed by atoms with Crippen LogP contribution in [0, 0.1) is 6.92 Å². The first-order valence-corrected chi connectivity index (χ1v) is 8.24. The summed E-state index contributed by atoms with van der Waals surface area (Å²) in [5.74, 6) is 0. The van der Waals surface area contributed by atoms with E-state index in [2.05, 4.69) is 83.5 Å². The molecule has 0 heterocycles. The minimum atomic E-state index is -0.000790. The summed E-state index contributed by atoms with van der Waals surface area (Å²) in [6.45, 7) is 2.14. The van der Waals surface area contributed by atoms with E-state index in [1.165, 1.54) is 27.5 Å². The monoisotopic (exact) mass is 358 g/mol. The lowest BCUT2D eigenvalue weighted by atomic mass is 9.98. The van der Waals surface area contributed by atoms with E-state index in [-0.39, 0.29) is 5.38 Å². The van der Waals surface area contributed by atoms with E-state index in [1.807, 2.05) is 0 Å². The van der Waals surface area contributed by atoms with Gasteiger partial charge in [-0.3, -0.25) is 0 Å². The number of benzene rings is 3. The van der Waals surface area contributed by atoms with Crippen molar-refractivity contribution >= 4 is 38.3 Å². The molecule has 0 bridgehead atoms. The number of fused-ring (bicyclic) bond motifs is 1. The first kappa shape index (κ1) is 14.6. The fourth-order valence-corrected chi connectivity index (χ4v) is 3.26. The van der Waals surface area contributed by atoms with E-state index in [1.54, 1.807) is 0 Å². The Kier molecular flexibility index (Phi) is 4.32. The maximum Gasteiger partial charge on any atom is 0.0625 e. The minimum Gasteiger partial charge on any atom is -0.117 e. The predicted octanol–water partition coefficient (Wildman–Crippen LogP) is 6.43. The third kappa shape index (κ3) is 3.30. The summed E-state index contributed by atoms with van der Waals surface area (Å²) in [5, 5.41) is 2.46. The number of aryl methyl sites for hydroxylation is 1. The van der Waals surface area contributed by atoms with Crippen LogP contribution in [0.5, 0.6) is 0 Å². The van der Waals surface area contributed by atoms with Crippen LogP contribution < -0.4 is 0 Å². The highest BCUT2D eigenvalue weighted by atomic mass is 79.9. The van der Waals surface area contributed by atoms with E-state index in [9.17, 15) is 0 Å². The Morgan fingerprint density at radius 1 is 0.952 bits per heavy atom. The van der Waals surface area contributed by atoms with Crippen molar-refractivity contribution in [1.82, 2.24) is 0 Å². The highest BCUT2D eigenvalue weighted by Gasteiger charge is 2.11. The maximum atomic E-state index is 6.64. The first-order chi connectivity index (χ1) is 10.1. The Balaban J connectivity index is 1.89. The molecule has 0 saturated heterocycles. The molecule has 0 nitrogen and oxygen atoms in total. The van der Waals surface area contributed by atoms with E-state index in [0.717, 1.165) is 10.9 Å². The van der Waals surface area contributed by atoms with Gasteiger partial charge in [0.1, 0.15) is 0 Å². The second-order valence-electron chi connectivity index (χ2n) is 5.35. The molecular weight excluding hydrogens is 344 g/mol. The Bertz CT molecular complexity index is 779. The normalized spacial score (nSPS) is 12.5. The van der Waals surface area contributed by atoms with Gasteiger partial charge in [-0.1, -0.05) is 58.4 Å². The van der Waals surface area contributed by atoms with Crippen LogP contribution >= 0.6 is 27.5 Å². The largest absolute Gasteiger partial charge is 0.117 e. The van der Waals surface area contributed by atoms with Gasteiger partial charge in [0.2, 0.25) is 0 Å². The second kappa shape index (κ2) is 6.21. The molecule has 0 fully saturated rings. The average Bonchev–Trinajstić information content (AvgIpc) is 2.49. The standard InChI is InChI=1S/C19H16BrCl/c1-13-4-2-3-5-14(13)12-19(21)17-7-6-16-11-18(20)9-8-15(16)10-17/h2-11,19H,12H2,1H3. The molecule has 3 aromatic carbocycles. The van der Waals surface area contributed by atoms with Crippen molar-refractivity contribution in [3.05, 3.63) is 81.8 Å². The Morgan fingerprint density at radius 2 is 1.67 bits per heavy atom. The lowest BCUT2D eigenvalue weighted by Crippen LogP contribution is -1.98. The smallest absolute Gasteiger partial charge is 0.0625 e. The highest BCUT2D eigenvalue weighted by Crippen LogP contribution is 2.29. The van der Waals surface area contributed by atoms with Crippen molar-refractivity contribution in [3.63, 3.8) is 0 Å². The molecule has 1 unspecified atom stereocenters. The fraction of sp³-hybridized carbons (Fsp3) is 0.158. The van der Waals surface area contributed by atoms with Crippen LogP contribution in [0.15, 0.2) is 65.1 Å². The van der Waals surface area contributed by atoms with Crippen LogP contribution in [0.1, 0.15) is 22.1 Å². The van der Waals surface area contributed by atoms with E-state index < -0.39 is 0 Å². The summed E-state index contributed by atoms with van der Waals surface area (Å²) in [7, 11) is 0. The van der Waals surface area contributed by atoms with Gasteiger partial charge in [-0.15, -0.1) is 11.6 Å². The lowest BCUT2D eigenvalue weighted by Gasteiger charge is -2.13. The molecule has 0 saturated carbocycles. The van der Waals surface area contributed by atoms with Crippen LogP contribution in [-0.2, 0) is 6.42 Å². The van der Waals surface area contributed by atoms with Crippen molar-refractivity contribution in [1.29, 1.82) is 0 Å². The molecule has 3 aromatic rings. The van der Waals surface area contributed by atoms with Gasteiger partial charge in [-0.05, 0) is 59.0 Å². The van der Waals surface area contributed by atoms with Crippen LogP contribution in [0.25, 0.3) is 10.8 Å². The molecule has 21 heavy (non-hydrogen) atoms. The summed E-state index contributed by atoms with van der Waals surface area (Å²) < 4.78 is 1.10. The van der Waals surface area contributed by atoms with Gasteiger partial charge in [0.15, 0.2) is 0 Å². The van der Waals surface area contributed by atoms with Crippen LogP contribution in [0.2, 0.25) is 0 Å². The Hall–Kier alpha value is -1.31. The van der Waals surface area contributed by atoms with Gasteiger partial charge >= 0.3 is 0 Å². The molecule has 1 atom stereocenters. The molecule has 0 N–H and O–H groups in total. The average molecular weight is 360 g/mol. The van der Waals surface area contributed by atoms with E-state index in [4.69, 9.17) is 11.6 Å². The number of halogens is 2. The van der Waals surface area contributed by atoms with Gasteiger partial charge in [0, 0.05) is 4.47 Å². The fourth-order valence-electron chi connectivity index (χ4n) is 2.58. The quantitative estimate of drug-likeness (QED) is 0.472. The van der Waals surface area contributed by atoms with Crippen molar-refractivity contribution in [2.75, 3.05) is 0 Å². The van der Waals surface area contributed by atoms with Crippen molar-refractivity contribution in [2.45, 2.75) is 18.7 Å². The van der Waals surface area contributed by atoms with Gasteiger partial charge in [-0.2, -0.15) is 0 Å². The Morgan fingerprint density at radius 3 is 2.48 bits per heavy atom. The van der Waals surface area contributed by atoms with Gasteiger partial charge in [0.25, 0.3) is 0 Å². The molecule has 0 aromatic heterocycles. The summed E-state index contributed by atoms with van der Waals surface area (Å²) in [5.41, 5.74) is 3.79. The summed E-state index contributed by atoms with van der Waals surface area (Å²) in [6.07, 6.45) is 0.857.